The molecule has 2 aliphatic rings. The molecule has 0 aliphatic heterocycles. The molecule has 4 N–H and O–H groups in total. The molecular formula is C32H30F13N3O4. The van der Waals surface area contributed by atoms with Gasteiger partial charge in [0.1, 0.15) is 11.6 Å². The van der Waals surface area contributed by atoms with E-state index in [1.54, 1.807) is 0 Å². The SMILES string of the molecule is COc1ccc(CCCNCC(O)(C(F)(F)F)C(F)(F)F)cc1C(=O)N[C@H]1[C@@H](C(=O)Nc2ccc(F)c(C(F)(F)F)c2)[C@H]2CC[C@@H]1/C2=C\C(F)(F)F. The number of hydrogen-bond acceptors (Lipinski definition) is 5. The minimum absolute atomic E-state index is 0.0148. The van der Waals surface area contributed by atoms with E-state index in [1.807, 2.05) is 5.32 Å². The molecule has 0 aromatic heterocycles. The van der Waals surface area contributed by atoms with Crippen molar-refractivity contribution >= 4 is 17.5 Å². The van der Waals surface area contributed by atoms with E-state index in [0.717, 1.165) is 6.07 Å². The van der Waals surface area contributed by atoms with Gasteiger partial charge in [-0.25, -0.2) is 4.39 Å². The summed E-state index contributed by atoms with van der Waals surface area (Å²) in [5.74, 6) is -7.18. The van der Waals surface area contributed by atoms with Crippen LogP contribution >= 0.6 is 0 Å². The van der Waals surface area contributed by atoms with Gasteiger partial charge in [0.15, 0.2) is 0 Å². The second kappa shape index (κ2) is 14.7. The summed E-state index contributed by atoms with van der Waals surface area (Å²) >= 11 is 0. The largest absolute Gasteiger partial charge is 0.496 e. The second-order valence-corrected chi connectivity index (χ2v) is 12.4. The molecule has 20 heteroatoms. The first-order valence-electron chi connectivity index (χ1n) is 15.4. The van der Waals surface area contributed by atoms with Crippen LogP contribution in [0.2, 0.25) is 0 Å². The summed E-state index contributed by atoms with van der Waals surface area (Å²) in [6, 6.07) is 4.27. The molecule has 2 bridgehead atoms. The third-order valence-corrected chi connectivity index (χ3v) is 9.02. The minimum Gasteiger partial charge on any atom is -0.496 e. The van der Waals surface area contributed by atoms with Gasteiger partial charge < -0.3 is 25.8 Å². The van der Waals surface area contributed by atoms with E-state index in [9.17, 15) is 71.8 Å². The number of aryl methyl sites for hydroxylation is 1. The Labute approximate surface area is 286 Å². The lowest BCUT2D eigenvalue weighted by atomic mass is 9.83. The summed E-state index contributed by atoms with van der Waals surface area (Å²) in [5.41, 5.74) is -7.28. The number of hydrogen-bond donors (Lipinski definition) is 4. The van der Waals surface area contributed by atoms with Crippen LogP contribution in [0, 0.1) is 23.6 Å². The van der Waals surface area contributed by atoms with Crippen LogP contribution in [0.4, 0.5) is 62.8 Å². The first-order valence-corrected chi connectivity index (χ1v) is 15.4. The highest BCUT2D eigenvalue weighted by atomic mass is 19.4. The van der Waals surface area contributed by atoms with Gasteiger partial charge in [0.2, 0.25) is 5.91 Å². The third-order valence-electron chi connectivity index (χ3n) is 9.02. The number of ether oxygens (including phenoxy) is 1. The zero-order valence-electron chi connectivity index (χ0n) is 26.7. The molecule has 0 saturated heterocycles. The van der Waals surface area contributed by atoms with Crippen LogP contribution in [0.1, 0.15) is 40.7 Å². The second-order valence-electron chi connectivity index (χ2n) is 12.4. The summed E-state index contributed by atoms with van der Waals surface area (Å²) in [6.07, 6.45) is -21.9. The maximum Gasteiger partial charge on any atom is 0.427 e. The zero-order chi connectivity index (χ0) is 39.0. The van der Waals surface area contributed by atoms with Crippen LogP contribution in [0.25, 0.3) is 0 Å². The Morgan fingerprint density at radius 2 is 1.54 bits per heavy atom. The number of anilines is 1. The van der Waals surface area contributed by atoms with Crippen molar-refractivity contribution in [1.82, 2.24) is 10.6 Å². The number of amides is 2. The Balaban J connectivity index is 1.53. The summed E-state index contributed by atoms with van der Waals surface area (Å²) in [7, 11) is 1.17. The molecular weight excluding hydrogens is 737 g/mol. The number of rotatable bonds is 11. The van der Waals surface area contributed by atoms with Gasteiger partial charge in [-0.2, -0.15) is 52.7 Å². The molecule has 52 heavy (non-hydrogen) atoms. The Morgan fingerprint density at radius 3 is 2.12 bits per heavy atom. The smallest absolute Gasteiger partial charge is 0.427 e. The van der Waals surface area contributed by atoms with Gasteiger partial charge in [0.25, 0.3) is 11.5 Å². The van der Waals surface area contributed by atoms with E-state index in [0.29, 0.717) is 17.7 Å². The van der Waals surface area contributed by atoms with Crippen molar-refractivity contribution in [3.05, 3.63) is 70.6 Å². The van der Waals surface area contributed by atoms with Crippen LogP contribution in [0.3, 0.4) is 0 Å². The van der Waals surface area contributed by atoms with E-state index in [2.05, 4.69) is 10.6 Å². The van der Waals surface area contributed by atoms with Gasteiger partial charge in [-0.05, 0) is 74.0 Å². The highest BCUT2D eigenvalue weighted by Gasteiger charge is 2.70. The monoisotopic (exact) mass is 767 g/mol. The molecule has 0 heterocycles. The molecule has 7 nitrogen and oxygen atoms in total. The summed E-state index contributed by atoms with van der Waals surface area (Å²) in [4.78, 5) is 27.1. The summed E-state index contributed by atoms with van der Waals surface area (Å²) < 4.78 is 177. The van der Waals surface area contributed by atoms with E-state index < -0.39 is 96.1 Å². The predicted molar refractivity (Wildman–Crippen MR) is 156 cm³/mol. The van der Waals surface area contributed by atoms with Gasteiger partial charge in [0, 0.05) is 30.3 Å². The number of carbonyl (C=O) groups is 2. The van der Waals surface area contributed by atoms with Crippen LogP contribution < -0.4 is 20.7 Å². The third kappa shape index (κ3) is 8.75. The topological polar surface area (TPSA) is 99.7 Å². The van der Waals surface area contributed by atoms with Gasteiger partial charge >= 0.3 is 24.7 Å². The fourth-order valence-electron chi connectivity index (χ4n) is 6.59. The van der Waals surface area contributed by atoms with Gasteiger partial charge in [-0.15, -0.1) is 0 Å². The average Bonchev–Trinajstić information content (AvgIpc) is 3.52. The van der Waals surface area contributed by atoms with Crippen LogP contribution in [0.15, 0.2) is 48.0 Å². The van der Waals surface area contributed by atoms with Gasteiger partial charge in [-0.3, -0.25) is 9.59 Å². The van der Waals surface area contributed by atoms with Crippen LogP contribution in [-0.4, -0.2) is 67.3 Å². The number of halogens is 13. The number of aliphatic hydroxyl groups is 1. The Hall–Kier alpha value is -4.07. The number of alkyl halides is 12. The molecule has 4 rings (SSSR count). The van der Waals surface area contributed by atoms with E-state index >= 15 is 0 Å². The molecule has 0 radical (unpaired) electrons. The van der Waals surface area contributed by atoms with E-state index in [1.165, 1.54) is 25.3 Å². The minimum atomic E-state index is -6.02. The standard InChI is InChI=1S/C32H30F13N3O4/c1-52-23-9-4-15(3-2-10-46-14-28(51,31(40,41)42)32(43,44)45)11-19(23)26(49)48-25-18-7-6-17(20(18)13-29(34,35)36)24(25)27(50)47-16-5-8-22(33)21(12-16)30(37,38)39/h4-5,8-9,11-13,17-18,24-25,46,51H,2-3,6-7,10,14H2,1H3,(H,47,50)(H,48,49)/b20-13-/t17-,18+,24-,25+/m0/s1. The van der Waals surface area contributed by atoms with Crippen molar-refractivity contribution in [2.45, 2.75) is 62.0 Å². The highest BCUT2D eigenvalue weighted by molar-refractivity contribution is 5.99. The molecule has 2 aromatic rings. The molecule has 2 aromatic carbocycles. The molecule has 2 saturated carbocycles. The molecule has 2 fully saturated rings. The quantitative estimate of drug-likeness (QED) is 0.111. The first-order chi connectivity index (χ1) is 23.9. The normalized spacial score (nSPS) is 21.8. The van der Waals surface area contributed by atoms with Crippen LogP contribution in [0.5, 0.6) is 5.75 Å². The molecule has 2 aliphatic carbocycles. The van der Waals surface area contributed by atoms with Crippen molar-refractivity contribution in [3.8, 4) is 5.75 Å². The van der Waals surface area contributed by atoms with Crippen molar-refractivity contribution in [1.29, 1.82) is 0 Å². The lowest BCUT2D eigenvalue weighted by Crippen LogP contribution is -2.62. The van der Waals surface area contributed by atoms with E-state index in [4.69, 9.17) is 4.74 Å². The first kappa shape index (κ1) is 40.7. The lowest BCUT2D eigenvalue weighted by Gasteiger charge is -2.32. The van der Waals surface area contributed by atoms with Gasteiger partial charge in [-0.1, -0.05) is 11.6 Å². The maximum atomic E-state index is 13.8. The molecule has 4 atom stereocenters. The summed E-state index contributed by atoms with van der Waals surface area (Å²) in [6.45, 7) is -2.32. The Kier molecular flexibility index (Phi) is 11.5. The van der Waals surface area contributed by atoms with Gasteiger partial charge in [0.05, 0.1) is 24.2 Å². The number of nitrogens with one attached hydrogen (secondary N) is 3. The van der Waals surface area contributed by atoms with E-state index in [-0.39, 0.29) is 48.6 Å². The number of carbonyl (C=O) groups excluding carboxylic acids is 2. The fourth-order valence-corrected chi connectivity index (χ4v) is 6.59. The highest BCUT2D eigenvalue weighted by Crippen LogP contribution is 2.54. The molecule has 0 unspecified atom stereocenters. The zero-order valence-corrected chi connectivity index (χ0v) is 26.7. The van der Waals surface area contributed by atoms with Crippen molar-refractivity contribution in [2.75, 3.05) is 25.5 Å². The lowest BCUT2D eigenvalue weighted by molar-refractivity contribution is -0.365. The Bertz CT molecular complexity index is 1650. The van der Waals surface area contributed by atoms with Crippen molar-refractivity contribution in [3.63, 3.8) is 0 Å². The van der Waals surface area contributed by atoms with Crippen molar-refractivity contribution < 1.29 is 76.5 Å². The molecule has 288 valence electrons. The summed E-state index contributed by atoms with van der Waals surface area (Å²) in [5, 5.41) is 15.9. The molecule has 2 amide bonds. The number of benzene rings is 2. The van der Waals surface area contributed by atoms with Crippen molar-refractivity contribution in [2.24, 2.45) is 17.8 Å². The molecule has 0 spiro atoms. The fraction of sp³-hybridized carbons (Fsp3) is 0.500. The Morgan fingerprint density at radius 1 is 0.904 bits per heavy atom. The van der Waals surface area contributed by atoms with Crippen LogP contribution in [-0.2, 0) is 17.4 Å². The number of allylic oxidation sites excluding steroid dienone is 1. The maximum absolute atomic E-state index is 13.8. The number of fused-ring (bicyclic) bond motifs is 2. The number of methoxy groups -OCH3 is 1. The average molecular weight is 768 g/mol. The predicted octanol–water partition coefficient (Wildman–Crippen LogP) is 7.11.